The van der Waals surface area contributed by atoms with Crippen molar-refractivity contribution in [1.29, 1.82) is 0 Å². The number of amides is 1. The number of hydrogen-bond donors (Lipinski definition) is 1. The summed E-state index contributed by atoms with van der Waals surface area (Å²) in [5, 5.41) is 13.2. The molecule has 1 N–H and O–H groups in total. The van der Waals surface area contributed by atoms with Crippen LogP contribution in [0.1, 0.15) is 36.7 Å². The quantitative estimate of drug-likeness (QED) is 0.225. The van der Waals surface area contributed by atoms with Crippen LogP contribution in [0.15, 0.2) is 77.2 Å². The van der Waals surface area contributed by atoms with Crippen molar-refractivity contribution in [3.8, 4) is 17.0 Å². The van der Waals surface area contributed by atoms with Gasteiger partial charge in [-0.15, -0.1) is 10.2 Å². The molecule has 0 bridgehead atoms. The lowest BCUT2D eigenvalue weighted by Gasteiger charge is -2.05. The molecule has 8 heteroatoms. The Hall–Kier alpha value is -3.87. The van der Waals surface area contributed by atoms with Gasteiger partial charge in [0.1, 0.15) is 22.6 Å². The number of fused-ring (bicyclic) bond motifs is 1. The zero-order valence-electron chi connectivity index (χ0n) is 20.5. The average Bonchev–Trinajstić information content (AvgIpc) is 3.49. The lowest BCUT2D eigenvalue weighted by Crippen LogP contribution is -2.08. The molecular weight excluding hydrogens is 507 g/mol. The van der Waals surface area contributed by atoms with Gasteiger partial charge >= 0.3 is 0 Å². The Balaban J connectivity index is 1.31. The minimum atomic E-state index is -0.289. The fraction of sp³-hybridized carbons (Fsp3) is 0.138. The second-order valence-electron chi connectivity index (χ2n) is 9.07. The van der Waals surface area contributed by atoms with Gasteiger partial charge in [-0.1, -0.05) is 49.2 Å². The summed E-state index contributed by atoms with van der Waals surface area (Å²) in [4.78, 5) is 14.3. The van der Waals surface area contributed by atoms with E-state index in [4.69, 9.17) is 27.6 Å². The van der Waals surface area contributed by atoms with Gasteiger partial charge in [0, 0.05) is 27.4 Å². The number of aryl methyl sites for hydroxylation is 1. The van der Waals surface area contributed by atoms with E-state index in [-0.39, 0.29) is 5.91 Å². The first-order valence-electron chi connectivity index (χ1n) is 11.8. The molecule has 5 rings (SSSR count). The standard InChI is InChI=1S/C29H24Cl2N4O2/c1-17(2)19-4-6-23(7-5-19)35-33-26-12-18(3)25(16-27(26)34-35)32-29(36)11-9-24-8-10-28(37-24)20-13-21(30)15-22(31)14-20/h4-17H,1-3H3,(H,32,36)/b11-9+. The van der Waals surface area contributed by atoms with Crippen LogP contribution >= 0.6 is 23.2 Å². The molecule has 0 unspecified atom stereocenters. The third kappa shape index (κ3) is 5.61. The summed E-state index contributed by atoms with van der Waals surface area (Å²) >= 11 is 12.2. The molecule has 0 saturated carbocycles. The number of carbonyl (C=O) groups excluding carboxylic acids is 1. The molecule has 0 aliphatic rings. The van der Waals surface area contributed by atoms with E-state index < -0.39 is 0 Å². The van der Waals surface area contributed by atoms with Gasteiger partial charge in [0.2, 0.25) is 5.91 Å². The Morgan fingerprint density at radius 3 is 2.30 bits per heavy atom. The minimum Gasteiger partial charge on any atom is -0.457 e. The summed E-state index contributed by atoms with van der Waals surface area (Å²) in [6, 6.07) is 20.7. The third-order valence-electron chi connectivity index (χ3n) is 5.95. The topological polar surface area (TPSA) is 73.0 Å². The Bertz CT molecular complexity index is 1610. The molecule has 5 aromatic rings. The van der Waals surface area contributed by atoms with Crippen LogP contribution in [0.4, 0.5) is 5.69 Å². The summed E-state index contributed by atoms with van der Waals surface area (Å²) in [5.74, 6) is 1.30. The maximum atomic E-state index is 12.6. The van der Waals surface area contributed by atoms with Gasteiger partial charge in [-0.05, 0) is 84.6 Å². The normalized spacial score (nSPS) is 11.6. The van der Waals surface area contributed by atoms with E-state index in [9.17, 15) is 4.79 Å². The molecule has 3 aromatic carbocycles. The number of anilines is 1. The molecule has 0 saturated heterocycles. The Labute approximate surface area is 224 Å². The van der Waals surface area contributed by atoms with Crippen molar-refractivity contribution in [2.75, 3.05) is 5.32 Å². The molecule has 0 aliphatic heterocycles. The molecule has 2 aromatic heterocycles. The molecule has 6 nitrogen and oxygen atoms in total. The summed E-state index contributed by atoms with van der Waals surface area (Å²) in [6.45, 7) is 6.24. The number of benzene rings is 3. The van der Waals surface area contributed by atoms with Crippen molar-refractivity contribution in [3.05, 3.63) is 99.7 Å². The van der Waals surface area contributed by atoms with Crippen LogP contribution in [0.25, 0.3) is 34.1 Å². The number of halogens is 2. The van der Waals surface area contributed by atoms with Crippen molar-refractivity contribution in [3.63, 3.8) is 0 Å². The van der Waals surface area contributed by atoms with Gasteiger partial charge in [0.05, 0.1) is 5.69 Å². The number of aromatic nitrogens is 3. The Morgan fingerprint density at radius 1 is 0.946 bits per heavy atom. The number of rotatable bonds is 6. The van der Waals surface area contributed by atoms with Gasteiger partial charge in [0.25, 0.3) is 0 Å². The van der Waals surface area contributed by atoms with Crippen LogP contribution in [0.3, 0.4) is 0 Å². The first kappa shape index (κ1) is 24.8. The van der Waals surface area contributed by atoms with E-state index >= 15 is 0 Å². The molecule has 0 atom stereocenters. The van der Waals surface area contributed by atoms with E-state index in [0.717, 1.165) is 22.3 Å². The monoisotopic (exact) mass is 530 g/mol. The number of furan rings is 1. The van der Waals surface area contributed by atoms with E-state index in [0.29, 0.717) is 38.7 Å². The molecule has 37 heavy (non-hydrogen) atoms. The zero-order valence-corrected chi connectivity index (χ0v) is 22.0. The van der Waals surface area contributed by atoms with Crippen LogP contribution in [0.5, 0.6) is 0 Å². The first-order chi connectivity index (χ1) is 17.7. The maximum Gasteiger partial charge on any atom is 0.248 e. The largest absolute Gasteiger partial charge is 0.457 e. The highest BCUT2D eigenvalue weighted by atomic mass is 35.5. The molecule has 0 aliphatic carbocycles. The van der Waals surface area contributed by atoms with E-state index in [2.05, 4.69) is 41.5 Å². The number of nitrogens with one attached hydrogen (secondary N) is 1. The molecule has 186 valence electrons. The third-order valence-corrected chi connectivity index (χ3v) is 6.38. The highest BCUT2D eigenvalue weighted by Gasteiger charge is 2.11. The predicted molar refractivity (Wildman–Crippen MR) is 150 cm³/mol. The second kappa shape index (κ2) is 10.2. The molecular formula is C29H24Cl2N4O2. The number of hydrogen-bond acceptors (Lipinski definition) is 4. The Kier molecular flexibility index (Phi) is 6.87. The zero-order chi connectivity index (χ0) is 26.1. The maximum absolute atomic E-state index is 12.6. The second-order valence-corrected chi connectivity index (χ2v) is 9.95. The summed E-state index contributed by atoms with van der Waals surface area (Å²) in [6.07, 6.45) is 3.03. The van der Waals surface area contributed by atoms with Crippen LogP contribution in [0.2, 0.25) is 10.0 Å². The van der Waals surface area contributed by atoms with Crippen LogP contribution in [-0.4, -0.2) is 20.9 Å². The summed E-state index contributed by atoms with van der Waals surface area (Å²) in [7, 11) is 0. The lowest BCUT2D eigenvalue weighted by atomic mass is 10.0. The first-order valence-corrected chi connectivity index (χ1v) is 12.5. The van der Waals surface area contributed by atoms with Gasteiger partial charge in [0.15, 0.2) is 0 Å². The molecule has 1 amide bonds. The van der Waals surface area contributed by atoms with E-state index in [1.807, 2.05) is 31.2 Å². The van der Waals surface area contributed by atoms with Gasteiger partial charge in [-0.25, -0.2) is 0 Å². The SMILES string of the molecule is Cc1cc2nn(-c3ccc(C(C)C)cc3)nc2cc1NC(=O)/C=C/c1ccc(-c2cc(Cl)cc(Cl)c2)o1. The predicted octanol–water partition coefficient (Wildman–Crippen LogP) is 8.07. The van der Waals surface area contributed by atoms with Crippen molar-refractivity contribution in [2.24, 2.45) is 0 Å². The van der Waals surface area contributed by atoms with Crippen LogP contribution in [0, 0.1) is 6.92 Å². The van der Waals surface area contributed by atoms with Crippen LogP contribution in [-0.2, 0) is 4.79 Å². The molecule has 0 spiro atoms. The van der Waals surface area contributed by atoms with Gasteiger partial charge < -0.3 is 9.73 Å². The average molecular weight is 531 g/mol. The van der Waals surface area contributed by atoms with E-state index in [1.54, 1.807) is 41.2 Å². The molecule has 0 fully saturated rings. The van der Waals surface area contributed by atoms with Gasteiger partial charge in [-0.2, -0.15) is 4.80 Å². The van der Waals surface area contributed by atoms with Crippen LogP contribution < -0.4 is 5.32 Å². The van der Waals surface area contributed by atoms with Gasteiger partial charge in [-0.3, -0.25) is 4.79 Å². The highest BCUT2D eigenvalue weighted by Crippen LogP contribution is 2.29. The van der Waals surface area contributed by atoms with Crippen molar-refractivity contribution < 1.29 is 9.21 Å². The fourth-order valence-electron chi connectivity index (χ4n) is 3.94. The van der Waals surface area contributed by atoms with Crippen molar-refractivity contribution >= 4 is 51.9 Å². The Morgan fingerprint density at radius 2 is 1.62 bits per heavy atom. The van der Waals surface area contributed by atoms with Crippen molar-refractivity contribution in [1.82, 2.24) is 15.0 Å². The number of nitrogens with zero attached hydrogens (tertiary/aromatic N) is 3. The lowest BCUT2D eigenvalue weighted by molar-refractivity contribution is -0.111. The van der Waals surface area contributed by atoms with Crippen molar-refractivity contribution in [2.45, 2.75) is 26.7 Å². The fourth-order valence-corrected chi connectivity index (χ4v) is 4.46. The summed E-state index contributed by atoms with van der Waals surface area (Å²) in [5.41, 5.74) is 5.89. The summed E-state index contributed by atoms with van der Waals surface area (Å²) < 4.78 is 5.82. The smallest absolute Gasteiger partial charge is 0.248 e. The number of carbonyl (C=O) groups is 1. The molecule has 0 radical (unpaired) electrons. The minimum absolute atomic E-state index is 0.289. The van der Waals surface area contributed by atoms with E-state index in [1.165, 1.54) is 11.6 Å². The highest BCUT2D eigenvalue weighted by molar-refractivity contribution is 6.35. The molecule has 2 heterocycles.